The number of amides is 1. The minimum Gasteiger partial charge on any atom is -0.484 e. The molecule has 3 rings (SSSR count). The number of hydrogen-bond acceptors (Lipinski definition) is 6. The summed E-state index contributed by atoms with van der Waals surface area (Å²) in [6, 6.07) is 13.1. The standard InChI is InChI=1S/C20H13Br2ClN2O5/c21-13-8-12(19(16(22)9-13)30-20(27)17-2-1-7-28-17)10-24-25-18(26)11-29-15-5-3-14(23)4-6-15/h1-10H,11H2,(H,25,26)/b24-10-. The maximum absolute atomic E-state index is 12.2. The van der Waals surface area contributed by atoms with Crippen molar-refractivity contribution in [3.8, 4) is 11.5 Å². The lowest BCUT2D eigenvalue weighted by molar-refractivity contribution is -0.123. The number of nitrogens with one attached hydrogen (secondary N) is 1. The van der Waals surface area contributed by atoms with Gasteiger partial charge < -0.3 is 13.9 Å². The predicted octanol–water partition coefficient (Wildman–Crippen LogP) is 5.21. The molecule has 0 atom stereocenters. The van der Waals surface area contributed by atoms with E-state index in [0.717, 1.165) is 0 Å². The van der Waals surface area contributed by atoms with Gasteiger partial charge >= 0.3 is 5.97 Å². The van der Waals surface area contributed by atoms with Gasteiger partial charge in [-0.1, -0.05) is 27.5 Å². The molecule has 1 aromatic heterocycles. The Morgan fingerprint density at radius 2 is 1.93 bits per heavy atom. The van der Waals surface area contributed by atoms with Gasteiger partial charge in [0.05, 0.1) is 17.0 Å². The second-order valence-electron chi connectivity index (χ2n) is 5.71. The van der Waals surface area contributed by atoms with Crippen molar-refractivity contribution in [3.63, 3.8) is 0 Å². The van der Waals surface area contributed by atoms with Crippen LogP contribution in [0.25, 0.3) is 0 Å². The maximum atomic E-state index is 12.2. The topological polar surface area (TPSA) is 90.1 Å². The van der Waals surface area contributed by atoms with Gasteiger partial charge in [0.1, 0.15) is 5.75 Å². The number of ether oxygens (including phenoxy) is 2. The smallest absolute Gasteiger partial charge is 0.379 e. The van der Waals surface area contributed by atoms with Crippen LogP contribution in [-0.4, -0.2) is 24.7 Å². The fourth-order valence-corrected chi connectivity index (χ4v) is 3.67. The molecular weight excluding hydrogens is 543 g/mol. The summed E-state index contributed by atoms with van der Waals surface area (Å²) in [5, 5.41) is 4.47. The molecular formula is C20H13Br2ClN2O5. The maximum Gasteiger partial charge on any atom is 0.379 e. The van der Waals surface area contributed by atoms with Crippen molar-refractivity contribution in [2.75, 3.05) is 6.61 Å². The summed E-state index contributed by atoms with van der Waals surface area (Å²) in [5.41, 5.74) is 2.79. The molecule has 0 saturated heterocycles. The van der Waals surface area contributed by atoms with Crippen LogP contribution >= 0.6 is 43.5 Å². The molecule has 1 N–H and O–H groups in total. The van der Waals surface area contributed by atoms with E-state index >= 15 is 0 Å². The lowest BCUT2D eigenvalue weighted by Crippen LogP contribution is -2.24. The van der Waals surface area contributed by atoms with Crippen LogP contribution in [0.1, 0.15) is 16.1 Å². The molecule has 0 radical (unpaired) electrons. The number of nitrogens with zero attached hydrogens (tertiary/aromatic N) is 1. The first kappa shape index (κ1) is 22.1. The molecule has 2 aromatic carbocycles. The molecule has 0 bridgehead atoms. The second-order valence-corrected chi connectivity index (χ2v) is 7.92. The highest BCUT2D eigenvalue weighted by Gasteiger charge is 2.17. The summed E-state index contributed by atoms with van der Waals surface area (Å²) in [7, 11) is 0. The van der Waals surface area contributed by atoms with Gasteiger partial charge in [0.15, 0.2) is 12.4 Å². The number of esters is 1. The van der Waals surface area contributed by atoms with Gasteiger partial charge in [-0.15, -0.1) is 0 Å². The highest BCUT2D eigenvalue weighted by atomic mass is 79.9. The highest BCUT2D eigenvalue weighted by Crippen LogP contribution is 2.32. The molecule has 7 nitrogen and oxygen atoms in total. The Bertz CT molecular complexity index is 1070. The van der Waals surface area contributed by atoms with E-state index in [9.17, 15) is 9.59 Å². The van der Waals surface area contributed by atoms with Crippen molar-refractivity contribution in [1.29, 1.82) is 0 Å². The third kappa shape index (κ3) is 6.19. The van der Waals surface area contributed by atoms with E-state index in [1.807, 2.05) is 0 Å². The Kier molecular flexibility index (Phi) is 7.67. The van der Waals surface area contributed by atoms with Gasteiger partial charge in [-0.2, -0.15) is 5.10 Å². The van der Waals surface area contributed by atoms with Crippen molar-refractivity contribution in [2.45, 2.75) is 0 Å². The average Bonchev–Trinajstić information content (AvgIpc) is 3.25. The van der Waals surface area contributed by atoms with Crippen molar-refractivity contribution in [3.05, 3.63) is 80.1 Å². The minimum absolute atomic E-state index is 0.0559. The van der Waals surface area contributed by atoms with E-state index < -0.39 is 11.9 Å². The van der Waals surface area contributed by atoms with Crippen molar-refractivity contribution < 1.29 is 23.5 Å². The van der Waals surface area contributed by atoms with E-state index in [1.54, 1.807) is 42.5 Å². The average molecular weight is 557 g/mol. The molecule has 0 unspecified atom stereocenters. The first-order chi connectivity index (χ1) is 14.4. The molecule has 0 fully saturated rings. The fourth-order valence-electron chi connectivity index (χ4n) is 2.21. The quantitative estimate of drug-likeness (QED) is 0.187. The molecule has 3 aromatic rings. The second kappa shape index (κ2) is 10.4. The molecule has 0 aliphatic carbocycles. The van der Waals surface area contributed by atoms with Gasteiger partial charge in [-0.05, 0) is 64.5 Å². The Labute approximate surface area is 193 Å². The van der Waals surface area contributed by atoms with Crippen molar-refractivity contribution in [2.24, 2.45) is 5.10 Å². The molecule has 30 heavy (non-hydrogen) atoms. The van der Waals surface area contributed by atoms with Crippen LogP contribution in [0.2, 0.25) is 5.02 Å². The molecule has 154 valence electrons. The monoisotopic (exact) mass is 554 g/mol. The minimum atomic E-state index is -0.668. The number of hydrazone groups is 1. The van der Waals surface area contributed by atoms with E-state index in [4.69, 9.17) is 25.5 Å². The zero-order chi connectivity index (χ0) is 21.5. The molecule has 0 aliphatic rings. The molecule has 0 aliphatic heterocycles. The molecule has 10 heteroatoms. The molecule has 0 spiro atoms. The fraction of sp³-hybridized carbons (Fsp3) is 0.0500. The van der Waals surface area contributed by atoms with E-state index in [-0.39, 0.29) is 18.1 Å². The predicted molar refractivity (Wildman–Crippen MR) is 118 cm³/mol. The lowest BCUT2D eigenvalue weighted by atomic mass is 10.2. The van der Waals surface area contributed by atoms with Crippen LogP contribution in [0.15, 0.2) is 73.3 Å². The number of hydrogen-bond donors (Lipinski definition) is 1. The summed E-state index contributed by atoms with van der Waals surface area (Å²) in [5.74, 6) is -0.362. The van der Waals surface area contributed by atoms with Crippen LogP contribution in [0.3, 0.4) is 0 Å². The van der Waals surface area contributed by atoms with E-state index in [0.29, 0.717) is 25.3 Å². The SMILES string of the molecule is O=C(COc1ccc(Cl)cc1)N/N=C\c1cc(Br)cc(Br)c1OC(=O)c1ccco1. The van der Waals surface area contributed by atoms with Crippen LogP contribution in [0.4, 0.5) is 0 Å². The van der Waals surface area contributed by atoms with Gasteiger partial charge in [0, 0.05) is 15.1 Å². The first-order valence-corrected chi connectivity index (χ1v) is 10.3. The third-order valence-corrected chi connectivity index (χ3v) is 4.83. The zero-order valence-electron chi connectivity index (χ0n) is 15.1. The molecule has 1 amide bonds. The Morgan fingerprint density at radius 1 is 1.17 bits per heavy atom. The van der Waals surface area contributed by atoms with Gasteiger partial charge in [0.25, 0.3) is 5.91 Å². The van der Waals surface area contributed by atoms with E-state index in [1.165, 1.54) is 18.5 Å². The number of carbonyl (C=O) groups is 2. The summed E-state index contributed by atoms with van der Waals surface area (Å²) < 4.78 is 17.0. The number of carbonyl (C=O) groups excluding carboxylic acids is 2. The summed E-state index contributed by atoms with van der Waals surface area (Å²) in [6.45, 7) is -0.235. The van der Waals surface area contributed by atoms with Gasteiger partial charge in [0.2, 0.25) is 5.76 Å². The number of halogens is 3. The lowest BCUT2D eigenvalue weighted by Gasteiger charge is -2.09. The van der Waals surface area contributed by atoms with Gasteiger partial charge in [-0.25, -0.2) is 10.2 Å². The van der Waals surface area contributed by atoms with Crippen LogP contribution in [0, 0.1) is 0 Å². The summed E-state index contributed by atoms with van der Waals surface area (Å²) >= 11 is 12.5. The third-order valence-electron chi connectivity index (χ3n) is 3.53. The number of furan rings is 1. The Morgan fingerprint density at radius 3 is 2.63 bits per heavy atom. The Hall–Kier alpha value is -2.62. The molecule has 1 heterocycles. The zero-order valence-corrected chi connectivity index (χ0v) is 19.0. The van der Waals surface area contributed by atoms with Crippen molar-refractivity contribution >= 4 is 61.6 Å². The van der Waals surface area contributed by atoms with Crippen LogP contribution in [-0.2, 0) is 4.79 Å². The normalized spacial score (nSPS) is 10.8. The number of rotatable bonds is 7. The number of benzene rings is 2. The molecule has 0 saturated carbocycles. The Balaban J connectivity index is 1.64. The summed E-state index contributed by atoms with van der Waals surface area (Å²) in [6.07, 6.45) is 2.72. The van der Waals surface area contributed by atoms with Crippen LogP contribution < -0.4 is 14.9 Å². The largest absolute Gasteiger partial charge is 0.484 e. The van der Waals surface area contributed by atoms with Crippen LogP contribution in [0.5, 0.6) is 11.5 Å². The summed E-state index contributed by atoms with van der Waals surface area (Å²) in [4.78, 5) is 24.1. The van der Waals surface area contributed by atoms with E-state index in [2.05, 4.69) is 42.4 Å². The van der Waals surface area contributed by atoms with Crippen molar-refractivity contribution in [1.82, 2.24) is 5.43 Å². The highest BCUT2D eigenvalue weighted by molar-refractivity contribution is 9.11. The first-order valence-electron chi connectivity index (χ1n) is 8.37. The van der Waals surface area contributed by atoms with Gasteiger partial charge in [-0.3, -0.25) is 4.79 Å².